The second kappa shape index (κ2) is 10.9. The van der Waals surface area contributed by atoms with Gasteiger partial charge in [-0.3, -0.25) is 4.68 Å². The lowest BCUT2D eigenvalue weighted by Crippen LogP contribution is -2.44. The first-order chi connectivity index (χ1) is 10.4. The van der Waals surface area contributed by atoms with Crippen LogP contribution in [0.5, 0.6) is 0 Å². The molecule has 23 heavy (non-hydrogen) atoms. The Morgan fingerprint density at radius 2 is 1.83 bits per heavy atom. The molecule has 0 radical (unpaired) electrons. The lowest BCUT2D eigenvalue weighted by atomic mass is 10.1. The van der Waals surface area contributed by atoms with E-state index in [1.54, 1.807) is 0 Å². The minimum atomic E-state index is 0. The topological polar surface area (TPSA) is 54.2 Å². The van der Waals surface area contributed by atoms with Gasteiger partial charge < -0.3 is 10.6 Å². The Kier molecular flexibility index (Phi) is 10.5. The fourth-order valence-corrected chi connectivity index (χ4v) is 2.43. The molecule has 1 unspecified atom stereocenters. The fourth-order valence-electron chi connectivity index (χ4n) is 2.43. The van der Waals surface area contributed by atoms with Crippen LogP contribution >= 0.6 is 24.0 Å². The van der Waals surface area contributed by atoms with Gasteiger partial charge in [-0.15, -0.1) is 24.0 Å². The van der Waals surface area contributed by atoms with Crippen LogP contribution in [0.15, 0.2) is 4.99 Å². The zero-order chi connectivity index (χ0) is 16.7. The van der Waals surface area contributed by atoms with Crippen molar-refractivity contribution in [2.45, 2.75) is 67.0 Å². The quantitative estimate of drug-likeness (QED) is 0.393. The fraction of sp³-hybridized carbons (Fsp3) is 0.765. The predicted molar refractivity (Wildman–Crippen MR) is 110 cm³/mol. The zero-order valence-corrected chi connectivity index (χ0v) is 18.1. The number of aromatic nitrogens is 2. The van der Waals surface area contributed by atoms with Gasteiger partial charge in [0, 0.05) is 30.9 Å². The number of hydrogen-bond donors (Lipinski definition) is 2. The molecule has 1 aromatic rings. The summed E-state index contributed by atoms with van der Waals surface area (Å²) in [5.41, 5.74) is 3.73. The first kappa shape index (κ1) is 22.2. The van der Waals surface area contributed by atoms with Gasteiger partial charge in [0.2, 0.25) is 0 Å². The van der Waals surface area contributed by atoms with E-state index in [0.717, 1.165) is 31.0 Å². The maximum absolute atomic E-state index is 4.78. The molecule has 6 heteroatoms. The third kappa shape index (κ3) is 6.31. The summed E-state index contributed by atoms with van der Waals surface area (Å²) in [5.74, 6) is 1.45. The van der Waals surface area contributed by atoms with Gasteiger partial charge in [-0.05, 0) is 32.6 Å². The number of hydrogen-bond acceptors (Lipinski definition) is 2. The summed E-state index contributed by atoms with van der Waals surface area (Å²) < 4.78 is 2.00. The Morgan fingerprint density at radius 3 is 2.30 bits per heavy atom. The Bertz CT molecular complexity index is 493. The molecule has 2 N–H and O–H groups in total. The van der Waals surface area contributed by atoms with Gasteiger partial charge in [0.05, 0.1) is 12.2 Å². The van der Waals surface area contributed by atoms with Gasteiger partial charge >= 0.3 is 0 Å². The van der Waals surface area contributed by atoms with Crippen LogP contribution in [0.25, 0.3) is 0 Å². The van der Waals surface area contributed by atoms with Gasteiger partial charge in [-0.2, -0.15) is 5.10 Å². The Hall–Kier alpha value is -0.790. The summed E-state index contributed by atoms with van der Waals surface area (Å²) in [6.07, 6.45) is 1.94. The van der Waals surface area contributed by atoms with E-state index in [0.29, 0.717) is 18.5 Å². The molecule has 1 atom stereocenters. The van der Waals surface area contributed by atoms with Crippen molar-refractivity contribution in [3.8, 4) is 0 Å². The lowest BCUT2D eigenvalue weighted by Gasteiger charge is -2.20. The van der Waals surface area contributed by atoms with Crippen LogP contribution in [0.3, 0.4) is 0 Å². The lowest BCUT2D eigenvalue weighted by molar-refractivity contribution is 0.481. The molecule has 0 aliphatic carbocycles. The first-order valence-electron chi connectivity index (χ1n) is 8.52. The largest absolute Gasteiger partial charge is 0.357 e. The molecule has 134 valence electrons. The summed E-state index contributed by atoms with van der Waals surface area (Å²) in [5, 5.41) is 11.4. The van der Waals surface area contributed by atoms with E-state index in [1.807, 2.05) is 11.7 Å². The standard InChI is InChI=1S/C17H33N5.HI/c1-8-15-14(16(9-2)22(7)21-15)11-19-17(18-10-3)20-13(6)12(4)5;/h12-13H,8-11H2,1-7H3,(H2,18,19,20);1H. The summed E-state index contributed by atoms with van der Waals surface area (Å²) in [6.45, 7) is 14.6. The molecule has 1 aromatic heterocycles. The van der Waals surface area contributed by atoms with Gasteiger partial charge in [0.15, 0.2) is 5.96 Å². The highest BCUT2D eigenvalue weighted by Gasteiger charge is 2.14. The maximum atomic E-state index is 4.78. The molecule has 0 bridgehead atoms. The number of halogens is 1. The molecular weight excluding hydrogens is 401 g/mol. The minimum Gasteiger partial charge on any atom is -0.357 e. The Morgan fingerprint density at radius 1 is 1.17 bits per heavy atom. The van der Waals surface area contributed by atoms with Crippen LogP contribution in [-0.2, 0) is 26.4 Å². The van der Waals surface area contributed by atoms with E-state index in [4.69, 9.17) is 4.99 Å². The molecule has 0 spiro atoms. The van der Waals surface area contributed by atoms with Crippen LogP contribution in [0, 0.1) is 5.92 Å². The van der Waals surface area contributed by atoms with Crippen molar-refractivity contribution in [3.05, 3.63) is 17.0 Å². The maximum Gasteiger partial charge on any atom is 0.191 e. The molecule has 0 amide bonds. The number of nitrogens with one attached hydrogen (secondary N) is 2. The van der Waals surface area contributed by atoms with E-state index in [9.17, 15) is 0 Å². The second-order valence-corrected chi connectivity index (χ2v) is 6.07. The summed E-state index contributed by atoms with van der Waals surface area (Å²) in [7, 11) is 2.02. The first-order valence-corrected chi connectivity index (χ1v) is 8.52. The molecule has 0 aromatic carbocycles. The predicted octanol–water partition coefficient (Wildman–Crippen LogP) is 3.26. The minimum absolute atomic E-state index is 0. The van der Waals surface area contributed by atoms with Crippen molar-refractivity contribution in [3.63, 3.8) is 0 Å². The molecule has 0 saturated heterocycles. The SMILES string of the molecule is CCNC(=NCc1c(CC)nn(C)c1CC)NC(C)C(C)C.I. The highest BCUT2D eigenvalue weighted by Crippen LogP contribution is 2.16. The molecule has 0 aliphatic heterocycles. The van der Waals surface area contributed by atoms with Crippen molar-refractivity contribution in [1.29, 1.82) is 0 Å². The van der Waals surface area contributed by atoms with E-state index in [2.05, 4.69) is 57.3 Å². The van der Waals surface area contributed by atoms with Gasteiger partial charge in [-0.25, -0.2) is 4.99 Å². The second-order valence-electron chi connectivity index (χ2n) is 6.07. The molecule has 0 aliphatic rings. The normalized spacial score (nSPS) is 13.0. The molecule has 0 saturated carbocycles. The highest BCUT2D eigenvalue weighted by atomic mass is 127. The average molecular weight is 435 g/mol. The molecular formula is C17H34IN5. The zero-order valence-electron chi connectivity index (χ0n) is 15.7. The summed E-state index contributed by atoms with van der Waals surface area (Å²) in [6, 6.07) is 0.392. The monoisotopic (exact) mass is 435 g/mol. The van der Waals surface area contributed by atoms with Crippen molar-refractivity contribution in [2.24, 2.45) is 18.0 Å². The van der Waals surface area contributed by atoms with Crippen LogP contribution in [0.4, 0.5) is 0 Å². The van der Waals surface area contributed by atoms with Crippen LogP contribution in [0.1, 0.15) is 58.5 Å². The number of rotatable bonds is 7. The van der Waals surface area contributed by atoms with Crippen molar-refractivity contribution in [1.82, 2.24) is 20.4 Å². The van der Waals surface area contributed by atoms with E-state index in [-0.39, 0.29) is 24.0 Å². The third-order valence-electron chi connectivity index (χ3n) is 4.13. The van der Waals surface area contributed by atoms with E-state index >= 15 is 0 Å². The van der Waals surface area contributed by atoms with Crippen LogP contribution in [-0.4, -0.2) is 28.3 Å². The number of guanidine groups is 1. The van der Waals surface area contributed by atoms with Crippen molar-refractivity contribution in [2.75, 3.05) is 6.54 Å². The summed E-state index contributed by atoms with van der Waals surface area (Å²) in [4.78, 5) is 4.78. The number of aliphatic imine (C=N–C) groups is 1. The molecule has 1 rings (SSSR count). The van der Waals surface area contributed by atoms with E-state index in [1.165, 1.54) is 11.3 Å². The number of aryl methyl sites for hydroxylation is 2. The molecule has 0 fully saturated rings. The van der Waals surface area contributed by atoms with Crippen LogP contribution < -0.4 is 10.6 Å². The molecule has 1 heterocycles. The van der Waals surface area contributed by atoms with Crippen LogP contribution in [0.2, 0.25) is 0 Å². The Labute approximate surface area is 158 Å². The van der Waals surface area contributed by atoms with Crippen molar-refractivity contribution < 1.29 is 0 Å². The van der Waals surface area contributed by atoms with Gasteiger partial charge in [-0.1, -0.05) is 27.7 Å². The van der Waals surface area contributed by atoms with Crippen molar-refractivity contribution >= 4 is 29.9 Å². The average Bonchev–Trinajstić information content (AvgIpc) is 2.79. The van der Waals surface area contributed by atoms with E-state index < -0.39 is 0 Å². The van der Waals surface area contributed by atoms with Gasteiger partial charge in [0.25, 0.3) is 0 Å². The number of nitrogens with zero attached hydrogens (tertiary/aromatic N) is 3. The van der Waals surface area contributed by atoms with Gasteiger partial charge in [0.1, 0.15) is 0 Å². The highest BCUT2D eigenvalue weighted by molar-refractivity contribution is 14.0. The molecule has 5 nitrogen and oxygen atoms in total. The third-order valence-corrected chi connectivity index (χ3v) is 4.13. The Balaban J connectivity index is 0.00000484. The smallest absolute Gasteiger partial charge is 0.191 e. The summed E-state index contributed by atoms with van der Waals surface area (Å²) >= 11 is 0.